The maximum atomic E-state index is 6.09. The van der Waals surface area contributed by atoms with Crippen LogP contribution in [0, 0.1) is 0 Å². The number of halogens is 2. The molecule has 3 nitrogen and oxygen atoms in total. The predicted octanol–water partition coefficient (Wildman–Crippen LogP) is 6.79. The molecule has 4 aromatic rings. The normalized spacial score (nSPS) is 11.2. The van der Waals surface area contributed by atoms with Crippen molar-refractivity contribution in [3.63, 3.8) is 0 Å². The Kier molecular flexibility index (Phi) is 6.53. The van der Waals surface area contributed by atoms with Crippen molar-refractivity contribution in [3.05, 3.63) is 106 Å². The van der Waals surface area contributed by atoms with E-state index in [4.69, 9.17) is 23.2 Å². The molecule has 0 saturated carbocycles. The van der Waals surface area contributed by atoms with Crippen LogP contribution in [-0.2, 0) is 19.6 Å². The monoisotopic (exact) mass is 435 g/mol. The topological polar surface area (TPSA) is 28.2 Å². The van der Waals surface area contributed by atoms with Crippen molar-refractivity contribution >= 4 is 39.8 Å². The van der Waals surface area contributed by atoms with Gasteiger partial charge in [-0.3, -0.25) is 9.88 Å². The minimum atomic E-state index is 0.697. The van der Waals surface area contributed by atoms with Crippen LogP contribution in [0.4, 0.5) is 5.69 Å². The maximum absolute atomic E-state index is 6.09. The van der Waals surface area contributed by atoms with Crippen molar-refractivity contribution in [1.29, 1.82) is 0 Å². The Labute approximate surface area is 187 Å². The third-order valence-electron chi connectivity index (χ3n) is 5.00. The molecule has 0 saturated heterocycles. The molecule has 1 N–H and O–H groups in total. The second-order valence-electron chi connectivity index (χ2n) is 7.49. The van der Waals surface area contributed by atoms with Gasteiger partial charge in [0.2, 0.25) is 0 Å². The number of aromatic nitrogens is 1. The van der Waals surface area contributed by atoms with Gasteiger partial charge in [0.15, 0.2) is 0 Å². The van der Waals surface area contributed by atoms with E-state index in [9.17, 15) is 0 Å². The van der Waals surface area contributed by atoms with Gasteiger partial charge in [0.25, 0.3) is 0 Å². The Balaban J connectivity index is 1.40. The second-order valence-corrected chi connectivity index (χ2v) is 8.37. The third kappa shape index (κ3) is 5.31. The molecule has 0 radical (unpaired) electrons. The van der Waals surface area contributed by atoms with Crippen LogP contribution < -0.4 is 5.32 Å². The number of rotatable bonds is 7. The van der Waals surface area contributed by atoms with Crippen LogP contribution in [0.3, 0.4) is 0 Å². The largest absolute Gasteiger partial charge is 0.380 e. The van der Waals surface area contributed by atoms with E-state index in [1.807, 2.05) is 42.6 Å². The molecular formula is C25H23Cl2N3. The molecule has 0 unspecified atom stereocenters. The molecular weight excluding hydrogens is 413 g/mol. The van der Waals surface area contributed by atoms with E-state index < -0.39 is 0 Å². The van der Waals surface area contributed by atoms with Crippen molar-refractivity contribution in [2.45, 2.75) is 19.6 Å². The summed E-state index contributed by atoms with van der Waals surface area (Å²) in [6, 6.07) is 24.5. The lowest BCUT2D eigenvalue weighted by Crippen LogP contribution is -2.17. The average Bonchev–Trinajstić information content (AvgIpc) is 2.74. The molecule has 3 aromatic carbocycles. The first-order valence-corrected chi connectivity index (χ1v) is 10.6. The highest BCUT2D eigenvalue weighted by Gasteiger charge is 2.05. The van der Waals surface area contributed by atoms with Crippen LogP contribution in [0.25, 0.3) is 10.9 Å². The van der Waals surface area contributed by atoms with Gasteiger partial charge >= 0.3 is 0 Å². The standard InChI is InChI=1S/C25H23Cl2N3/c1-30(16-18-5-7-21(26)8-6-18)17-20-4-2-3-19(13-20)15-29-24-11-12-28-25-14-22(27)9-10-23(24)25/h2-14H,15-17H2,1H3,(H,28,29). The molecule has 0 spiro atoms. The SMILES string of the molecule is CN(Cc1ccc(Cl)cc1)Cc1cccc(CNc2ccnc3cc(Cl)ccc23)c1. The molecule has 1 aromatic heterocycles. The number of nitrogens with zero attached hydrogens (tertiary/aromatic N) is 2. The van der Waals surface area contributed by atoms with Crippen LogP contribution in [0.2, 0.25) is 10.0 Å². The van der Waals surface area contributed by atoms with Crippen molar-refractivity contribution in [3.8, 4) is 0 Å². The van der Waals surface area contributed by atoms with Gasteiger partial charge in [-0.05, 0) is 60.1 Å². The lowest BCUT2D eigenvalue weighted by Gasteiger charge is -2.18. The van der Waals surface area contributed by atoms with E-state index in [1.54, 1.807) is 0 Å². The molecule has 5 heteroatoms. The first-order chi connectivity index (χ1) is 14.6. The van der Waals surface area contributed by atoms with Gasteiger partial charge < -0.3 is 5.32 Å². The lowest BCUT2D eigenvalue weighted by molar-refractivity contribution is 0.319. The van der Waals surface area contributed by atoms with Gasteiger partial charge in [-0.2, -0.15) is 0 Å². The zero-order valence-corrected chi connectivity index (χ0v) is 18.3. The van der Waals surface area contributed by atoms with E-state index in [0.717, 1.165) is 41.2 Å². The predicted molar refractivity (Wildman–Crippen MR) is 127 cm³/mol. The second kappa shape index (κ2) is 9.48. The molecule has 0 aliphatic rings. The number of hydrogen-bond acceptors (Lipinski definition) is 3. The lowest BCUT2D eigenvalue weighted by atomic mass is 10.1. The van der Waals surface area contributed by atoms with Gasteiger partial charge in [0.05, 0.1) is 5.52 Å². The molecule has 152 valence electrons. The van der Waals surface area contributed by atoms with Gasteiger partial charge in [-0.1, -0.05) is 59.6 Å². The first-order valence-electron chi connectivity index (χ1n) is 9.86. The summed E-state index contributed by atoms with van der Waals surface area (Å²) in [5, 5.41) is 6.08. The number of fused-ring (bicyclic) bond motifs is 1. The number of anilines is 1. The van der Waals surface area contributed by atoms with Crippen molar-refractivity contribution in [2.24, 2.45) is 0 Å². The number of hydrogen-bond donors (Lipinski definition) is 1. The summed E-state index contributed by atoms with van der Waals surface area (Å²) in [4.78, 5) is 6.71. The zero-order valence-electron chi connectivity index (χ0n) is 16.8. The first kappa shape index (κ1) is 20.7. The zero-order chi connectivity index (χ0) is 20.9. The Morgan fingerprint density at radius 3 is 2.37 bits per heavy atom. The van der Waals surface area contributed by atoms with E-state index >= 15 is 0 Å². The Morgan fingerprint density at radius 1 is 0.800 bits per heavy atom. The highest BCUT2D eigenvalue weighted by atomic mass is 35.5. The molecule has 0 aliphatic carbocycles. The summed E-state index contributed by atoms with van der Waals surface area (Å²) in [5.74, 6) is 0. The molecule has 0 atom stereocenters. The highest BCUT2D eigenvalue weighted by Crippen LogP contribution is 2.25. The minimum Gasteiger partial charge on any atom is -0.380 e. The Bertz CT molecular complexity index is 1140. The van der Waals surface area contributed by atoms with Crippen molar-refractivity contribution in [1.82, 2.24) is 9.88 Å². The number of benzene rings is 3. The summed E-state index contributed by atoms with van der Waals surface area (Å²) in [6.07, 6.45) is 1.81. The molecule has 0 aliphatic heterocycles. The van der Waals surface area contributed by atoms with Crippen LogP contribution in [0.15, 0.2) is 79.0 Å². The third-order valence-corrected chi connectivity index (χ3v) is 5.48. The Hall–Kier alpha value is -2.59. The van der Waals surface area contributed by atoms with Gasteiger partial charge in [0.1, 0.15) is 0 Å². The summed E-state index contributed by atoms with van der Waals surface area (Å²) >= 11 is 12.1. The highest BCUT2D eigenvalue weighted by molar-refractivity contribution is 6.31. The molecule has 1 heterocycles. The smallest absolute Gasteiger partial charge is 0.0737 e. The van der Waals surface area contributed by atoms with E-state index in [2.05, 4.69) is 58.6 Å². The van der Waals surface area contributed by atoms with E-state index in [1.165, 1.54) is 16.7 Å². The van der Waals surface area contributed by atoms with Gasteiger partial charge in [0, 0.05) is 46.9 Å². The van der Waals surface area contributed by atoms with Crippen LogP contribution in [0.5, 0.6) is 0 Å². The summed E-state index contributed by atoms with van der Waals surface area (Å²) in [7, 11) is 2.13. The summed E-state index contributed by atoms with van der Waals surface area (Å²) in [5.41, 5.74) is 5.74. The number of pyridine rings is 1. The average molecular weight is 436 g/mol. The molecule has 4 rings (SSSR count). The van der Waals surface area contributed by atoms with Gasteiger partial charge in [-0.15, -0.1) is 0 Å². The summed E-state index contributed by atoms with van der Waals surface area (Å²) < 4.78 is 0. The fourth-order valence-corrected chi connectivity index (χ4v) is 3.87. The molecule has 0 bridgehead atoms. The molecule has 0 fully saturated rings. The molecule has 0 amide bonds. The van der Waals surface area contributed by atoms with Crippen molar-refractivity contribution in [2.75, 3.05) is 12.4 Å². The van der Waals surface area contributed by atoms with Gasteiger partial charge in [-0.25, -0.2) is 0 Å². The summed E-state index contributed by atoms with van der Waals surface area (Å²) in [6.45, 7) is 2.51. The van der Waals surface area contributed by atoms with Crippen LogP contribution in [0.1, 0.15) is 16.7 Å². The fourth-order valence-electron chi connectivity index (χ4n) is 3.58. The fraction of sp³-hybridized carbons (Fsp3) is 0.160. The molecule has 30 heavy (non-hydrogen) atoms. The quantitative estimate of drug-likeness (QED) is 0.346. The van der Waals surface area contributed by atoms with E-state index in [0.29, 0.717) is 5.02 Å². The number of nitrogens with one attached hydrogen (secondary N) is 1. The van der Waals surface area contributed by atoms with Crippen LogP contribution >= 0.6 is 23.2 Å². The van der Waals surface area contributed by atoms with Crippen molar-refractivity contribution < 1.29 is 0 Å². The maximum Gasteiger partial charge on any atom is 0.0737 e. The Morgan fingerprint density at radius 2 is 1.53 bits per heavy atom. The minimum absolute atomic E-state index is 0.697. The van der Waals surface area contributed by atoms with Crippen LogP contribution in [-0.4, -0.2) is 16.9 Å². The van der Waals surface area contributed by atoms with E-state index in [-0.39, 0.29) is 0 Å².